The van der Waals surface area contributed by atoms with Crippen LogP contribution in [0.3, 0.4) is 0 Å². The molecule has 0 fully saturated rings. The van der Waals surface area contributed by atoms with Gasteiger partial charge in [0.2, 0.25) is 5.91 Å². The summed E-state index contributed by atoms with van der Waals surface area (Å²) in [6, 6.07) is 7.91. The lowest BCUT2D eigenvalue weighted by Crippen LogP contribution is -2.13. The number of thioether (sulfide) groups is 1. The molecule has 0 unspecified atom stereocenters. The van der Waals surface area contributed by atoms with Crippen molar-refractivity contribution in [3.05, 3.63) is 46.4 Å². The third-order valence-corrected chi connectivity index (χ3v) is 4.51. The normalized spacial score (nSPS) is 10.3. The van der Waals surface area contributed by atoms with Crippen molar-refractivity contribution in [3.63, 3.8) is 0 Å². The van der Waals surface area contributed by atoms with Crippen molar-refractivity contribution in [1.82, 2.24) is 0 Å². The van der Waals surface area contributed by atoms with Gasteiger partial charge in [-0.3, -0.25) is 4.79 Å². The highest BCUT2D eigenvalue weighted by molar-refractivity contribution is 7.99. The summed E-state index contributed by atoms with van der Waals surface area (Å²) in [6.45, 7) is 0. The van der Waals surface area contributed by atoms with Gasteiger partial charge in [0.1, 0.15) is 10.7 Å². The van der Waals surface area contributed by atoms with Crippen LogP contribution in [-0.4, -0.2) is 22.7 Å². The predicted octanol–water partition coefficient (Wildman–Crippen LogP) is 3.71. The first kappa shape index (κ1) is 15.5. The van der Waals surface area contributed by atoms with Crippen molar-refractivity contribution in [1.29, 1.82) is 0 Å². The van der Waals surface area contributed by atoms with E-state index in [2.05, 4.69) is 5.32 Å². The van der Waals surface area contributed by atoms with Crippen LogP contribution in [0.5, 0.6) is 0 Å². The van der Waals surface area contributed by atoms with Gasteiger partial charge in [0, 0.05) is 17.1 Å². The molecule has 1 heterocycles. The maximum absolute atomic E-state index is 13.4. The van der Waals surface area contributed by atoms with Crippen molar-refractivity contribution in [2.45, 2.75) is 11.3 Å². The lowest BCUT2D eigenvalue weighted by molar-refractivity contribution is -0.115. The first-order valence-corrected chi connectivity index (χ1v) is 7.92. The van der Waals surface area contributed by atoms with Gasteiger partial charge in [-0.05, 0) is 23.6 Å². The molecule has 0 bridgehead atoms. The fourth-order valence-corrected chi connectivity index (χ4v) is 3.18. The van der Waals surface area contributed by atoms with Crippen LogP contribution < -0.4 is 5.32 Å². The van der Waals surface area contributed by atoms with Crippen LogP contribution in [0.2, 0.25) is 0 Å². The molecule has 0 atom stereocenters. The first-order chi connectivity index (χ1) is 10.1. The van der Waals surface area contributed by atoms with E-state index >= 15 is 0 Å². The highest BCUT2D eigenvalue weighted by atomic mass is 32.2. The van der Waals surface area contributed by atoms with Gasteiger partial charge in [0.25, 0.3) is 0 Å². The third-order valence-electron chi connectivity index (χ3n) is 2.56. The summed E-state index contributed by atoms with van der Waals surface area (Å²) in [5, 5.41) is 13.1. The number of anilines is 1. The van der Waals surface area contributed by atoms with E-state index in [0.717, 1.165) is 11.3 Å². The molecule has 4 nitrogen and oxygen atoms in total. The lowest BCUT2D eigenvalue weighted by Gasteiger charge is -2.05. The molecular formula is C14H12FNO3S2. The zero-order chi connectivity index (χ0) is 15.2. The Hall–Kier alpha value is -1.86. The highest BCUT2D eigenvalue weighted by Gasteiger charge is 2.14. The predicted molar refractivity (Wildman–Crippen MR) is 81.6 cm³/mol. The quantitative estimate of drug-likeness (QED) is 0.795. The zero-order valence-corrected chi connectivity index (χ0v) is 12.5. The number of nitrogens with one attached hydrogen (secondary N) is 1. The molecule has 1 aromatic heterocycles. The maximum atomic E-state index is 13.4. The fourth-order valence-electron chi connectivity index (χ4n) is 1.60. The van der Waals surface area contributed by atoms with E-state index in [1.165, 1.54) is 17.8 Å². The molecule has 2 rings (SSSR count). The zero-order valence-electron chi connectivity index (χ0n) is 10.8. The molecule has 2 N–H and O–H groups in total. The Morgan fingerprint density at radius 1 is 1.29 bits per heavy atom. The van der Waals surface area contributed by atoms with Crippen molar-refractivity contribution < 1.29 is 19.1 Å². The van der Waals surface area contributed by atoms with Gasteiger partial charge in [-0.1, -0.05) is 12.1 Å². The third kappa shape index (κ3) is 4.30. The molecule has 0 aliphatic carbocycles. The van der Waals surface area contributed by atoms with E-state index in [4.69, 9.17) is 5.11 Å². The van der Waals surface area contributed by atoms with Crippen LogP contribution >= 0.6 is 23.1 Å². The number of hydrogen-bond donors (Lipinski definition) is 2. The molecule has 0 spiro atoms. The van der Waals surface area contributed by atoms with Crippen molar-refractivity contribution in [2.75, 3.05) is 11.1 Å². The number of carbonyl (C=O) groups excluding carboxylic acids is 1. The highest BCUT2D eigenvalue weighted by Crippen LogP contribution is 2.24. The van der Waals surface area contributed by atoms with E-state index in [0.29, 0.717) is 16.3 Å². The largest absolute Gasteiger partial charge is 0.477 e. The molecule has 1 aromatic carbocycles. The monoisotopic (exact) mass is 325 g/mol. The Morgan fingerprint density at radius 3 is 2.76 bits per heavy atom. The number of carboxylic acids is 1. The average Bonchev–Trinajstić information content (AvgIpc) is 2.89. The van der Waals surface area contributed by atoms with Crippen molar-refractivity contribution >= 4 is 40.7 Å². The number of hydrogen-bond acceptors (Lipinski definition) is 4. The summed E-state index contributed by atoms with van der Waals surface area (Å²) in [5.74, 6) is -1.26. The van der Waals surface area contributed by atoms with Gasteiger partial charge in [-0.2, -0.15) is 0 Å². The Bertz CT molecular complexity index is 657. The van der Waals surface area contributed by atoms with E-state index in [1.54, 1.807) is 29.6 Å². The minimum absolute atomic E-state index is 0.102. The van der Waals surface area contributed by atoms with Crippen LogP contribution in [0.15, 0.2) is 40.6 Å². The Kier molecular flexibility index (Phi) is 5.35. The Morgan fingerprint density at radius 2 is 2.05 bits per heavy atom. The number of benzene rings is 1. The summed E-state index contributed by atoms with van der Waals surface area (Å²) in [7, 11) is 0. The van der Waals surface area contributed by atoms with Gasteiger partial charge in [0.15, 0.2) is 0 Å². The molecule has 0 saturated heterocycles. The van der Waals surface area contributed by atoms with Crippen LogP contribution in [0.1, 0.15) is 16.1 Å². The minimum atomic E-state index is -1.07. The van der Waals surface area contributed by atoms with E-state index in [-0.39, 0.29) is 23.0 Å². The second-order valence-electron chi connectivity index (χ2n) is 4.05. The van der Waals surface area contributed by atoms with Gasteiger partial charge in [0.05, 0.1) is 5.69 Å². The number of aromatic carboxylic acids is 1. The van der Waals surface area contributed by atoms with Crippen molar-refractivity contribution in [3.8, 4) is 0 Å². The topological polar surface area (TPSA) is 66.4 Å². The number of rotatable bonds is 6. The van der Waals surface area contributed by atoms with E-state index in [9.17, 15) is 14.0 Å². The summed E-state index contributed by atoms with van der Waals surface area (Å²) in [4.78, 5) is 23.3. The number of halogens is 1. The molecule has 0 saturated carbocycles. The number of carboxylic acid groups (broad SMARTS) is 1. The molecular weight excluding hydrogens is 313 g/mol. The first-order valence-electron chi connectivity index (χ1n) is 6.06. The molecule has 0 radical (unpaired) electrons. The van der Waals surface area contributed by atoms with Crippen LogP contribution in [0.4, 0.5) is 10.1 Å². The van der Waals surface area contributed by atoms with Crippen LogP contribution in [0, 0.1) is 5.82 Å². The molecule has 0 aliphatic rings. The summed E-state index contributed by atoms with van der Waals surface area (Å²) in [5.41, 5.74) is 0.299. The summed E-state index contributed by atoms with van der Waals surface area (Å²) >= 11 is 2.30. The number of thiophene rings is 1. The Balaban J connectivity index is 1.84. The Labute approximate surface area is 129 Å². The van der Waals surface area contributed by atoms with Gasteiger partial charge >= 0.3 is 5.97 Å². The number of amides is 1. The SMILES string of the molecule is O=C(CCSc1ccccc1F)Nc1ccsc1C(=O)O. The second-order valence-corrected chi connectivity index (χ2v) is 6.10. The van der Waals surface area contributed by atoms with E-state index < -0.39 is 5.97 Å². The molecule has 0 aliphatic heterocycles. The van der Waals surface area contributed by atoms with Gasteiger partial charge < -0.3 is 10.4 Å². The van der Waals surface area contributed by atoms with Gasteiger partial charge in [-0.15, -0.1) is 23.1 Å². The second kappa shape index (κ2) is 7.24. The minimum Gasteiger partial charge on any atom is -0.477 e. The smallest absolute Gasteiger partial charge is 0.348 e. The number of carbonyl (C=O) groups is 2. The molecule has 2 aromatic rings. The maximum Gasteiger partial charge on any atom is 0.348 e. The molecule has 1 amide bonds. The molecule has 110 valence electrons. The molecule has 7 heteroatoms. The van der Waals surface area contributed by atoms with Crippen molar-refractivity contribution in [2.24, 2.45) is 0 Å². The molecule has 21 heavy (non-hydrogen) atoms. The van der Waals surface area contributed by atoms with Crippen LogP contribution in [-0.2, 0) is 4.79 Å². The average molecular weight is 325 g/mol. The van der Waals surface area contributed by atoms with Gasteiger partial charge in [-0.25, -0.2) is 9.18 Å². The summed E-state index contributed by atoms with van der Waals surface area (Å²) in [6.07, 6.45) is 0.175. The summed E-state index contributed by atoms with van der Waals surface area (Å²) < 4.78 is 13.4. The fraction of sp³-hybridized carbons (Fsp3) is 0.143. The van der Waals surface area contributed by atoms with E-state index in [1.807, 2.05) is 0 Å². The lowest BCUT2D eigenvalue weighted by atomic mass is 10.3. The standard InChI is InChI=1S/C14H12FNO3S2/c15-9-3-1-2-4-11(9)20-8-6-12(17)16-10-5-7-21-13(10)14(18)19/h1-5,7H,6,8H2,(H,16,17)(H,18,19). The van der Waals surface area contributed by atoms with Crippen LogP contribution in [0.25, 0.3) is 0 Å².